The number of nitrogens with one attached hydrogen (secondary N) is 2. The molecule has 0 bridgehead atoms. The van der Waals surface area contributed by atoms with E-state index in [2.05, 4.69) is 10.5 Å². The van der Waals surface area contributed by atoms with Crippen LogP contribution in [0.2, 0.25) is 0 Å². The van der Waals surface area contributed by atoms with Crippen molar-refractivity contribution in [2.45, 2.75) is 18.4 Å². The van der Waals surface area contributed by atoms with Gasteiger partial charge in [0.05, 0.1) is 12.7 Å². The zero-order valence-electron chi connectivity index (χ0n) is 16.1. The number of rotatable bonds is 7. The molecule has 5 nitrogen and oxygen atoms in total. The van der Waals surface area contributed by atoms with Gasteiger partial charge in [-0.25, -0.2) is 4.39 Å². The first-order chi connectivity index (χ1) is 13.5. The van der Waals surface area contributed by atoms with Gasteiger partial charge in [-0.3, -0.25) is 4.79 Å². The maximum absolute atomic E-state index is 13.1. The van der Waals surface area contributed by atoms with Crippen LogP contribution in [-0.4, -0.2) is 30.9 Å². The number of quaternary nitrogens is 1. The van der Waals surface area contributed by atoms with Gasteiger partial charge in [0.25, 0.3) is 5.91 Å². The van der Waals surface area contributed by atoms with E-state index in [9.17, 15) is 9.18 Å². The van der Waals surface area contributed by atoms with Crippen molar-refractivity contribution in [1.82, 2.24) is 5.16 Å². The Morgan fingerprint density at radius 1 is 1.21 bits per heavy atom. The summed E-state index contributed by atoms with van der Waals surface area (Å²) in [5, 5.41) is 7.12. The molecule has 1 aromatic heterocycles. The van der Waals surface area contributed by atoms with E-state index in [1.165, 1.54) is 12.1 Å². The molecule has 0 aliphatic carbocycles. The maximum atomic E-state index is 13.1. The molecule has 1 amide bonds. The molecule has 0 saturated heterocycles. The molecule has 7 heteroatoms. The zero-order chi connectivity index (χ0) is 20.1. The Hall–Kier alpha value is -2.64. The van der Waals surface area contributed by atoms with E-state index in [1.54, 1.807) is 23.9 Å². The molecule has 3 aromatic rings. The van der Waals surface area contributed by atoms with Crippen molar-refractivity contribution in [3.63, 3.8) is 0 Å². The largest absolute Gasteiger partial charge is 0.356 e. The summed E-state index contributed by atoms with van der Waals surface area (Å²) in [6, 6.07) is 13.9. The lowest BCUT2D eigenvalue weighted by atomic mass is 10.1. The number of hydrogen-bond acceptors (Lipinski definition) is 4. The van der Waals surface area contributed by atoms with E-state index in [-0.39, 0.29) is 11.7 Å². The fraction of sp³-hybridized carbons (Fsp3) is 0.238. The van der Waals surface area contributed by atoms with Crippen molar-refractivity contribution in [2.75, 3.05) is 25.2 Å². The van der Waals surface area contributed by atoms with Crippen LogP contribution in [0.15, 0.2) is 57.9 Å². The lowest BCUT2D eigenvalue weighted by Gasteiger charge is -2.14. The Morgan fingerprint density at radius 3 is 2.64 bits per heavy atom. The molecule has 0 radical (unpaired) electrons. The van der Waals surface area contributed by atoms with Crippen molar-refractivity contribution in [3.8, 4) is 11.3 Å². The fourth-order valence-corrected chi connectivity index (χ4v) is 3.52. The van der Waals surface area contributed by atoms with Crippen LogP contribution in [0.3, 0.4) is 0 Å². The predicted octanol–water partition coefficient (Wildman–Crippen LogP) is 3.16. The Morgan fingerprint density at radius 2 is 1.93 bits per heavy atom. The first-order valence-corrected chi connectivity index (χ1v) is 10.2. The third-order valence-electron chi connectivity index (χ3n) is 4.44. The molecule has 1 heterocycles. The average Bonchev–Trinajstić information content (AvgIpc) is 3.03. The van der Waals surface area contributed by atoms with Gasteiger partial charge in [0.15, 0.2) is 12.3 Å². The molecule has 0 fully saturated rings. The number of likely N-dealkylation sites (N-methyl/N-ethyl adjacent to an activating group) is 1. The van der Waals surface area contributed by atoms with Gasteiger partial charge >= 0.3 is 0 Å². The van der Waals surface area contributed by atoms with Gasteiger partial charge < -0.3 is 14.7 Å². The Kier molecular flexibility index (Phi) is 6.49. The Balaban J connectivity index is 1.62. The topological polar surface area (TPSA) is 59.6 Å². The molecule has 0 aliphatic heterocycles. The molecule has 2 aromatic carbocycles. The fourth-order valence-electron chi connectivity index (χ4n) is 2.97. The van der Waals surface area contributed by atoms with Crippen LogP contribution in [0.5, 0.6) is 0 Å². The number of benzene rings is 2. The molecule has 0 spiro atoms. The molecular weight excluding hydrogens is 377 g/mol. The summed E-state index contributed by atoms with van der Waals surface area (Å²) in [5.74, 6) is 0.277. The van der Waals surface area contributed by atoms with Gasteiger partial charge in [-0.2, -0.15) is 0 Å². The molecule has 3 rings (SSSR count). The van der Waals surface area contributed by atoms with Crippen molar-refractivity contribution >= 4 is 23.4 Å². The summed E-state index contributed by atoms with van der Waals surface area (Å²) in [6.07, 6.45) is 1.98. The summed E-state index contributed by atoms with van der Waals surface area (Å²) in [6.45, 7) is 2.78. The number of anilines is 1. The maximum Gasteiger partial charge on any atom is 0.279 e. The molecule has 1 atom stereocenters. The number of aromatic nitrogens is 1. The summed E-state index contributed by atoms with van der Waals surface area (Å²) < 4.78 is 18.6. The quantitative estimate of drug-likeness (QED) is 0.598. The number of nitrogens with zero attached hydrogens (tertiary/aromatic N) is 1. The minimum absolute atomic E-state index is 0.0566. The smallest absolute Gasteiger partial charge is 0.279 e. The summed E-state index contributed by atoms with van der Waals surface area (Å²) in [4.78, 5) is 14.4. The Bertz CT molecular complexity index is 957. The molecule has 0 aliphatic rings. The van der Waals surface area contributed by atoms with Crippen LogP contribution in [0.25, 0.3) is 11.3 Å². The van der Waals surface area contributed by atoms with Gasteiger partial charge in [0.1, 0.15) is 18.1 Å². The number of carbonyl (C=O) groups excluding carboxylic acids is 1. The second kappa shape index (κ2) is 9.03. The van der Waals surface area contributed by atoms with Crippen molar-refractivity contribution in [3.05, 3.63) is 65.6 Å². The van der Waals surface area contributed by atoms with E-state index >= 15 is 0 Å². The number of thioether (sulfide) groups is 1. The van der Waals surface area contributed by atoms with Gasteiger partial charge in [-0.05, 0) is 49.6 Å². The van der Waals surface area contributed by atoms with Crippen LogP contribution in [0, 0.1) is 12.7 Å². The third-order valence-corrected chi connectivity index (χ3v) is 5.24. The van der Waals surface area contributed by atoms with Crippen molar-refractivity contribution < 1.29 is 18.6 Å². The minimum Gasteiger partial charge on any atom is -0.356 e. The first kappa shape index (κ1) is 20.1. The van der Waals surface area contributed by atoms with E-state index in [0.29, 0.717) is 18.8 Å². The summed E-state index contributed by atoms with van der Waals surface area (Å²) in [5.41, 5.74) is 3.29. The van der Waals surface area contributed by atoms with Gasteiger partial charge in [0, 0.05) is 16.0 Å². The highest BCUT2D eigenvalue weighted by Gasteiger charge is 2.19. The standard InChI is InChI=1S/C21H22FN3O2S/c1-14-18(24-27-21(14)15-8-10-16(22)11-9-15)12-25(2)13-20(26)23-17-6-4-5-7-19(17)28-3/h4-11H,12-13H2,1-3H3,(H,23,26)/p+1. The van der Waals surface area contributed by atoms with Crippen LogP contribution in [0.1, 0.15) is 11.3 Å². The monoisotopic (exact) mass is 400 g/mol. The molecule has 146 valence electrons. The van der Waals surface area contributed by atoms with Crippen LogP contribution in [0.4, 0.5) is 10.1 Å². The molecular formula is C21H23FN3O2S+. The lowest BCUT2D eigenvalue weighted by molar-refractivity contribution is -0.885. The van der Waals surface area contributed by atoms with E-state index < -0.39 is 0 Å². The summed E-state index contributed by atoms with van der Waals surface area (Å²) >= 11 is 1.59. The van der Waals surface area contributed by atoms with Crippen LogP contribution >= 0.6 is 11.8 Å². The molecule has 28 heavy (non-hydrogen) atoms. The second-order valence-corrected chi connectivity index (χ2v) is 7.50. The highest BCUT2D eigenvalue weighted by Crippen LogP contribution is 2.26. The number of halogens is 1. The number of para-hydroxylation sites is 1. The minimum atomic E-state index is -0.292. The highest BCUT2D eigenvalue weighted by atomic mass is 32.2. The highest BCUT2D eigenvalue weighted by molar-refractivity contribution is 7.98. The average molecular weight is 400 g/mol. The second-order valence-electron chi connectivity index (χ2n) is 6.65. The predicted molar refractivity (Wildman–Crippen MR) is 109 cm³/mol. The Labute approximate surface area is 167 Å². The normalized spacial score (nSPS) is 12.0. The number of hydrogen-bond donors (Lipinski definition) is 2. The van der Waals surface area contributed by atoms with Gasteiger partial charge in [-0.1, -0.05) is 17.3 Å². The zero-order valence-corrected chi connectivity index (χ0v) is 16.9. The molecule has 0 saturated carbocycles. The molecule has 1 unspecified atom stereocenters. The first-order valence-electron chi connectivity index (χ1n) is 8.93. The number of amides is 1. The van der Waals surface area contributed by atoms with Crippen LogP contribution in [-0.2, 0) is 11.3 Å². The third kappa shape index (κ3) is 4.79. The van der Waals surface area contributed by atoms with E-state index in [4.69, 9.17) is 4.52 Å². The van der Waals surface area contributed by atoms with Crippen LogP contribution < -0.4 is 10.2 Å². The van der Waals surface area contributed by atoms with Crippen molar-refractivity contribution in [2.24, 2.45) is 0 Å². The number of carbonyl (C=O) groups is 1. The SMILES string of the molecule is CSc1ccccc1NC(=O)C[NH+](C)Cc1noc(-c2ccc(F)cc2)c1C. The molecule has 2 N–H and O–H groups in total. The van der Waals surface area contributed by atoms with Crippen molar-refractivity contribution in [1.29, 1.82) is 0 Å². The van der Waals surface area contributed by atoms with Gasteiger partial charge in [-0.15, -0.1) is 11.8 Å². The van der Waals surface area contributed by atoms with E-state index in [1.807, 2.05) is 44.5 Å². The van der Waals surface area contributed by atoms with E-state index in [0.717, 1.165) is 32.3 Å². The lowest BCUT2D eigenvalue weighted by Crippen LogP contribution is -3.08. The summed E-state index contributed by atoms with van der Waals surface area (Å²) in [7, 11) is 1.94. The van der Waals surface area contributed by atoms with Gasteiger partial charge in [0.2, 0.25) is 0 Å².